The summed E-state index contributed by atoms with van der Waals surface area (Å²) in [6.07, 6.45) is 6.66. The van der Waals surface area contributed by atoms with Gasteiger partial charge in [-0.1, -0.05) is 12.1 Å². The number of rotatable bonds is 6. The van der Waals surface area contributed by atoms with Gasteiger partial charge in [0.25, 0.3) is 5.91 Å². The molecule has 1 unspecified atom stereocenters. The molecular formula is C23H28N4O4. The molecule has 0 spiro atoms. The van der Waals surface area contributed by atoms with Gasteiger partial charge in [-0.15, -0.1) is 0 Å². The van der Waals surface area contributed by atoms with Crippen molar-refractivity contribution >= 4 is 11.8 Å². The number of carbonyl (C=O) groups is 2. The van der Waals surface area contributed by atoms with Crippen LogP contribution in [0, 0.1) is 5.92 Å². The number of carbonyl (C=O) groups excluding carboxylic acids is 2. The van der Waals surface area contributed by atoms with Gasteiger partial charge in [-0.2, -0.15) is 0 Å². The van der Waals surface area contributed by atoms with Gasteiger partial charge in [-0.25, -0.2) is 0 Å². The van der Waals surface area contributed by atoms with E-state index in [2.05, 4.69) is 9.97 Å². The molecule has 31 heavy (non-hydrogen) atoms. The second-order valence-corrected chi connectivity index (χ2v) is 8.05. The average molecular weight is 425 g/mol. The van der Waals surface area contributed by atoms with Crippen LogP contribution in [0.25, 0.3) is 0 Å². The lowest BCUT2D eigenvalue weighted by Crippen LogP contribution is -2.42. The second kappa shape index (κ2) is 10.5. The van der Waals surface area contributed by atoms with Gasteiger partial charge in [-0.3, -0.25) is 19.6 Å². The van der Waals surface area contributed by atoms with Crippen LogP contribution in [-0.2, 0) is 20.9 Å². The number of aromatic nitrogens is 2. The van der Waals surface area contributed by atoms with Crippen molar-refractivity contribution in [2.45, 2.75) is 25.6 Å². The van der Waals surface area contributed by atoms with Crippen molar-refractivity contribution in [1.82, 2.24) is 19.8 Å². The van der Waals surface area contributed by atoms with Crippen LogP contribution < -0.4 is 0 Å². The van der Waals surface area contributed by atoms with Gasteiger partial charge in [0, 0.05) is 51.4 Å². The van der Waals surface area contributed by atoms with E-state index in [1.165, 1.54) is 0 Å². The second-order valence-electron chi connectivity index (χ2n) is 8.05. The molecule has 4 rings (SSSR count). The summed E-state index contributed by atoms with van der Waals surface area (Å²) < 4.78 is 11.6. The fourth-order valence-electron chi connectivity index (χ4n) is 4.00. The van der Waals surface area contributed by atoms with Gasteiger partial charge in [0.15, 0.2) is 0 Å². The summed E-state index contributed by atoms with van der Waals surface area (Å²) in [6.45, 7) is 3.35. The van der Waals surface area contributed by atoms with Crippen LogP contribution in [0.2, 0.25) is 0 Å². The Bertz CT molecular complexity index is 858. The van der Waals surface area contributed by atoms with Crippen molar-refractivity contribution in [2.24, 2.45) is 5.92 Å². The van der Waals surface area contributed by atoms with Gasteiger partial charge < -0.3 is 19.3 Å². The Hall–Kier alpha value is -2.84. The number of nitrogens with zero attached hydrogens (tertiary/aromatic N) is 4. The Kier molecular flexibility index (Phi) is 7.22. The molecule has 2 aliphatic rings. The maximum absolute atomic E-state index is 13.1. The smallest absolute Gasteiger partial charge is 0.273 e. The highest BCUT2D eigenvalue weighted by atomic mass is 16.5. The number of hydrogen-bond donors (Lipinski definition) is 0. The summed E-state index contributed by atoms with van der Waals surface area (Å²) in [7, 11) is 0. The van der Waals surface area contributed by atoms with Gasteiger partial charge >= 0.3 is 0 Å². The molecule has 0 N–H and O–H groups in total. The zero-order valence-corrected chi connectivity index (χ0v) is 17.6. The molecule has 164 valence electrons. The van der Waals surface area contributed by atoms with E-state index in [4.69, 9.17) is 9.47 Å². The molecular weight excluding hydrogens is 396 g/mol. The molecule has 0 aromatic carbocycles. The minimum atomic E-state index is -0.292. The minimum absolute atomic E-state index is 0.0331. The van der Waals surface area contributed by atoms with E-state index in [1.54, 1.807) is 41.7 Å². The molecule has 4 heterocycles. The predicted octanol–water partition coefficient (Wildman–Crippen LogP) is 1.77. The fourth-order valence-corrected chi connectivity index (χ4v) is 4.00. The summed E-state index contributed by atoms with van der Waals surface area (Å²) >= 11 is 0. The van der Waals surface area contributed by atoms with Crippen LogP contribution in [0.15, 0.2) is 48.9 Å². The molecule has 2 amide bonds. The Morgan fingerprint density at radius 3 is 2.74 bits per heavy atom. The lowest BCUT2D eigenvalue weighted by molar-refractivity contribution is -0.132. The van der Waals surface area contributed by atoms with Gasteiger partial charge in [0.05, 0.1) is 12.7 Å². The maximum Gasteiger partial charge on any atom is 0.273 e. The first-order chi connectivity index (χ1) is 15.2. The first-order valence-electron chi connectivity index (χ1n) is 10.8. The summed E-state index contributed by atoms with van der Waals surface area (Å²) in [5.41, 5.74) is 1.29. The highest BCUT2D eigenvalue weighted by molar-refractivity contribution is 5.95. The minimum Gasteiger partial charge on any atom is -0.381 e. The number of hydrogen-bond acceptors (Lipinski definition) is 6. The van der Waals surface area contributed by atoms with Crippen LogP contribution in [0.4, 0.5) is 0 Å². The summed E-state index contributed by atoms with van der Waals surface area (Å²) in [4.78, 5) is 37.8. The van der Waals surface area contributed by atoms with Crippen molar-refractivity contribution in [2.75, 3.05) is 39.4 Å². The molecule has 0 saturated carbocycles. The van der Waals surface area contributed by atoms with E-state index in [-0.39, 0.29) is 24.5 Å². The molecule has 0 radical (unpaired) electrons. The van der Waals surface area contributed by atoms with Gasteiger partial charge in [0.2, 0.25) is 5.91 Å². The quantitative estimate of drug-likeness (QED) is 0.703. The zero-order valence-electron chi connectivity index (χ0n) is 17.6. The fraction of sp³-hybridized carbons (Fsp3) is 0.478. The highest BCUT2D eigenvalue weighted by Gasteiger charge is 2.33. The standard InChI is InChI=1S/C23H28N4O4/c28-22-16-27(23(29)21-5-1-2-9-25-21)15-20(31-17-19-4-3-8-24-12-19)14-26(22)13-18-6-10-30-11-7-18/h1-5,8-9,12,18,20H,6-7,10-11,13-17H2. The largest absolute Gasteiger partial charge is 0.381 e. The van der Waals surface area contributed by atoms with Crippen LogP contribution in [0.3, 0.4) is 0 Å². The third kappa shape index (κ3) is 5.86. The lowest BCUT2D eigenvalue weighted by Gasteiger charge is -2.30. The van der Waals surface area contributed by atoms with E-state index < -0.39 is 0 Å². The van der Waals surface area contributed by atoms with Crippen molar-refractivity contribution in [3.8, 4) is 0 Å². The van der Waals surface area contributed by atoms with E-state index in [0.29, 0.717) is 37.9 Å². The Morgan fingerprint density at radius 1 is 1.13 bits per heavy atom. The topological polar surface area (TPSA) is 84.9 Å². The Balaban J connectivity index is 1.48. The van der Waals surface area contributed by atoms with Gasteiger partial charge in [0.1, 0.15) is 12.2 Å². The van der Waals surface area contributed by atoms with Crippen molar-refractivity contribution in [3.63, 3.8) is 0 Å². The summed E-state index contributed by atoms with van der Waals surface area (Å²) in [6, 6.07) is 9.02. The summed E-state index contributed by atoms with van der Waals surface area (Å²) in [5.74, 6) is 0.106. The SMILES string of the molecule is O=C1CN(C(=O)c2ccccn2)CC(OCc2cccnc2)CN1CC1CCOCC1. The van der Waals surface area contributed by atoms with E-state index in [1.807, 2.05) is 17.0 Å². The van der Waals surface area contributed by atoms with E-state index >= 15 is 0 Å². The zero-order chi connectivity index (χ0) is 21.5. The molecule has 2 aliphatic heterocycles. The molecule has 2 aromatic rings. The molecule has 2 saturated heterocycles. The first-order valence-corrected chi connectivity index (χ1v) is 10.8. The first kappa shape index (κ1) is 21.4. The van der Waals surface area contributed by atoms with Crippen molar-refractivity contribution < 1.29 is 19.1 Å². The number of amides is 2. The lowest BCUT2D eigenvalue weighted by atomic mass is 9.99. The average Bonchev–Trinajstić information content (AvgIpc) is 2.98. The molecule has 8 nitrogen and oxygen atoms in total. The Labute approximate surface area is 182 Å². The van der Waals surface area contributed by atoms with Gasteiger partial charge in [-0.05, 0) is 42.5 Å². The molecule has 8 heteroatoms. The maximum atomic E-state index is 13.1. The Morgan fingerprint density at radius 2 is 2.00 bits per heavy atom. The van der Waals surface area contributed by atoms with E-state index in [0.717, 1.165) is 31.6 Å². The number of pyridine rings is 2. The molecule has 1 atom stereocenters. The predicted molar refractivity (Wildman–Crippen MR) is 113 cm³/mol. The number of ether oxygens (including phenoxy) is 2. The monoisotopic (exact) mass is 424 g/mol. The molecule has 0 aliphatic carbocycles. The van der Waals surface area contributed by atoms with Crippen LogP contribution >= 0.6 is 0 Å². The van der Waals surface area contributed by atoms with Crippen LogP contribution in [0.5, 0.6) is 0 Å². The third-order valence-corrected chi connectivity index (χ3v) is 5.73. The molecule has 2 fully saturated rings. The van der Waals surface area contributed by atoms with Crippen LogP contribution in [0.1, 0.15) is 28.9 Å². The third-order valence-electron chi connectivity index (χ3n) is 5.73. The van der Waals surface area contributed by atoms with Crippen molar-refractivity contribution in [3.05, 3.63) is 60.2 Å². The normalized spacial score (nSPS) is 20.5. The van der Waals surface area contributed by atoms with E-state index in [9.17, 15) is 9.59 Å². The molecule has 0 bridgehead atoms. The highest BCUT2D eigenvalue weighted by Crippen LogP contribution is 2.19. The summed E-state index contributed by atoms with van der Waals surface area (Å²) in [5, 5.41) is 0. The van der Waals surface area contributed by atoms with Crippen molar-refractivity contribution in [1.29, 1.82) is 0 Å². The molecule has 2 aromatic heterocycles. The van der Waals surface area contributed by atoms with Crippen LogP contribution in [-0.4, -0.2) is 77.1 Å².